The molecule has 1 aliphatic rings. The molecule has 1 aromatic carbocycles. The second-order valence-corrected chi connectivity index (χ2v) is 14.1. The second kappa shape index (κ2) is 17.4. The maximum atomic E-state index is 11.9. The van der Waals surface area contributed by atoms with Gasteiger partial charge in [0.15, 0.2) is 11.5 Å². The summed E-state index contributed by atoms with van der Waals surface area (Å²) in [5, 5.41) is 0. The first-order valence-electron chi connectivity index (χ1n) is 15.6. The first-order chi connectivity index (χ1) is 19.0. The summed E-state index contributed by atoms with van der Waals surface area (Å²) in [7, 11) is -0.521. The van der Waals surface area contributed by atoms with Gasteiger partial charge < -0.3 is 14.2 Å². The van der Waals surface area contributed by atoms with Gasteiger partial charge in [-0.05, 0) is 41.6 Å². The molecule has 3 atom stereocenters. The van der Waals surface area contributed by atoms with Crippen molar-refractivity contribution in [2.24, 2.45) is 5.92 Å². The smallest absolute Gasteiger partial charge is 0.312 e. The molecule has 2 aromatic rings. The third kappa shape index (κ3) is 11.3. The van der Waals surface area contributed by atoms with E-state index in [0.29, 0.717) is 17.8 Å². The van der Waals surface area contributed by atoms with Gasteiger partial charge in [0.05, 0.1) is 0 Å². The maximum Gasteiger partial charge on any atom is 0.312 e. The van der Waals surface area contributed by atoms with Gasteiger partial charge in [0.25, 0.3) is 0 Å². The minimum Gasteiger partial charge on any atom is -0.456 e. The highest BCUT2D eigenvalue weighted by atomic mass is 28.2. The van der Waals surface area contributed by atoms with Crippen LogP contribution in [0.25, 0.3) is 11.1 Å². The number of pyridine rings is 1. The standard InChI is InChI=1S/C33H51NO4Si/c1-5-7-11-15-25(3)16-13-9-10-14-17-26(4)39-33-36-29-21-19-27(23-30(29)37-33)28-20-22-31(34-24-28)38-32(35)18-12-8-6-2/h19-26,33H,5-18,39H2,1-4H3. The lowest BCUT2D eigenvalue weighted by molar-refractivity contribution is -0.134. The van der Waals surface area contributed by atoms with Gasteiger partial charge in [0, 0.05) is 24.2 Å². The molecule has 0 amide bonds. The Labute approximate surface area is 239 Å². The van der Waals surface area contributed by atoms with Crippen molar-refractivity contribution in [3.8, 4) is 28.5 Å². The van der Waals surface area contributed by atoms with Crippen LogP contribution >= 0.6 is 0 Å². The van der Waals surface area contributed by atoms with E-state index >= 15 is 0 Å². The van der Waals surface area contributed by atoms with Crippen LogP contribution in [0.4, 0.5) is 0 Å². The molecule has 0 fully saturated rings. The normalized spacial score (nSPS) is 16.1. The van der Waals surface area contributed by atoms with Gasteiger partial charge in [-0.15, -0.1) is 0 Å². The SMILES string of the molecule is CCCCCC(=O)Oc1ccc(-c2ccc3c(c2)OC([SiH2]C(C)CCCCCCC(C)CCCCC)O3)cn1. The predicted molar refractivity (Wildman–Crippen MR) is 163 cm³/mol. The van der Waals surface area contributed by atoms with E-state index < -0.39 is 9.52 Å². The van der Waals surface area contributed by atoms with Gasteiger partial charge >= 0.3 is 5.97 Å². The summed E-state index contributed by atoms with van der Waals surface area (Å²) in [6, 6.07) is 9.75. The Hall–Kier alpha value is -2.34. The van der Waals surface area contributed by atoms with E-state index in [9.17, 15) is 4.79 Å². The quantitative estimate of drug-likeness (QED) is 0.0988. The molecule has 216 valence electrons. The summed E-state index contributed by atoms with van der Waals surface area (Å²) in [5.41, 5.74) is 2.68. The fourth-order valence-electron chi connectivity index (χ4n) is 5.25. The van der Waals surface area contributed by atoms with Crippen molar-refractivity contribution >= 4 is 15.5 Å². The summed E-state index contributed by atoms with van der Waals surface area (Å²) < 4.78 is 17.7. The number of hydrogen-bond acceptors (Lipinski definition) is 5. The summed E-state index contributed by atoms with van der Waals surface area (Å²) in [5.74, 6) is 2.58. The van der Waals surface area contributed by atoms with Crippen LogP contribution in [-0.4, -0.2) is 26.4 Å². The third-order valence-corrected chi connectivity index (χ3v) is 9.70. The Morgan fingerprint density at radius 1 is 0.846 bits per heavy atom. The van der Waals surface area contributed by atoms with Crippen LogP contribution in [0.15, 0.2) is 36.5 Å². The number of rotatable bonds is 19. The van der Waals surface area contributed by atoms with Crippen molar-refractivity contribution in [2.45, 2.75) is 129 Å². The lowest BCUT2D eigenvalue weighted by Gasteiger charge is -2.15. The molecule has 3 rings (SSSR count). The number of aromatic nitrogens is 1. The van der Waals surface area contributed by atoms with E-state index in [2.05, 4.69) is 32.7 Å². The Balaban J connectivity index is 1.35. The average Bonchev–Trinajstić information content (AvgIpc) is 3.32. The molecule has 1 aromatic heterocycles. The number of hydrogen-bond donors (Lipinski definition) is 0. The predicted octanol–water partition coefficient (Wildman–Crippen LogP) is 8.82. The number of benzene rings is 1. The fraction of sp³-hybridized carbons (Fsp3) is 0.636. The molecule has 0 radical (unpaired) electrons. The molecule has 6 heteroatoms. The van der Waals surface area contributed by atoms with Crippen LogP contribution in [0.2, 0.25) is 5.54 Å². The van der Waals surface area contributed by atoms with E-state index in [1.165, 1.54) is 64.2 Å². The molecular weight excluding hydrogens is 502 g/mol. The van der Waals surface area contributed by atoms with E-state index in [0.717, 1.165) is 47.8 Å². The van der Waals surface area contributed by atoms with Gasteiger partial charge in [0.2, 0.25) is 11.8 Å². The molecule has 0 aliphatic carbocycles. The molecule has 1 aliphatic heterocycles. The Morgan fingerprint density at radius 2 is 1.51 bits per heavy atom. The topological polar surface area (TPSA) is 57.7 Å². The Kier molecular flexibility index (Phi) is 13.9. The van der Waals surface area contributed by atoms with Crippen molar-refractivity contribution in [1.82, 2.24) is 4.98 Å². The Morgan fingerprint density at radius 3 is 2.23 bits per heavy atom. The zero-order chi connectivity index (χ0) is 27.9. The number of fused-ring (bicyclic) bond motifs is 1. The van der Waals surface area contributed by atoms with Crippen molar-refractivity contribution < 1.29 is 19.0 Å². The summed E-state index contributed by atoms with van der Waals surface area (Å²) in [4.78, 5) is 16.3. The summed E-state index contributed by atoms with van der Waals surface area (Å²) >= 11 is 0. The zero-order valence-corrected chi connectivity index (χ0v) is 26.3. The highest BCUT2D eigenvalue weighted by Gasteiger charge is 2.26. The molecule has 0 N–H and O–H groups in total. The van der Waals surface area contributed by atoms with E-state index in [4.69, 9.17) is 14.2 Å². The van der Waals surface area contributed by atoms with E-state index in [1.807, 2.05) is 24.3 Å². The van der Waals surface area contributed by atoms with Crippen molar-refractivity contribution in [1.29, 1.82) is 0 Å². The lowest BCUT2D eigenvalue weighted by atomic mass is 9.96. The van der Waals surface area contributed by atoms with Crippen LogP contribution in [0.5, 0.6) is 17.4 Å². The lowest BCUT2D eigenvalue weighted by Crippen LogP contribution is -2.28. The molecule has 2 heterocycles. The molecule has 5 nitrogen and oxygen atoms in total. The minimum absolute atomic E-state index is 0.0816. The van der Waals surface area contributed by atoms with E-state index in [-0.39, 0.29) is 11.9 Å². The summed E-state index contributed by atoms with van der Waals surface area (Å²) in [6.45, 7) is 9.19. The zero-order valence-electron chi connectivity index (χ0n) is 24.9. The minimum atomic E-state index is -0.521. The van der Waals surface area contributed by atoms with Crippen LogP contribution in [0.1, 0.15) is 118 Å². The highest BCUT2D eigenvalue weighted by Crippen LogP contribution is 2.38. The van der Waals surface area contributed by atoms with Gasteiger partial charge in [-0.25, -0.2) is 4.98 Å². The molecular formula is C33H51NO4Si. The molecule has 0 bridgehead atoms. The molecule has 0 saturated heterocycles. The summed E-state index contributed by atoms with van der Waals surface area (Å²) in [6.07, 6.45) is 18.8. The fourth-order valence-corrected chi connectivity index (χ4v) is 6.98. The van der Waals surface area contributed by atoms with Crippen molar-refractivity contribution in [3.63, 3.8) is 0 Å². The maximum absolute atomic E-state index is 11.9. The molecule has 0 saturated carbocycles. The molecule has 39 heavy (non-hydrogen) atoms. The first kappa shape index (κ1) is 31.2. The monoisotopic (exact) mass is 553 g/mol. The number of unbranched alkanes of at least 4 members (excludes halogenated alkanes) is 7. The van der Waals surface area contributed by atoms with E-state index in [1.54, 1.807) is 12.3 Å². The molecule has 3 unspecified atom stereocenters. The number of ether oxygens (including phenoxy) is 3. The van der Waals surface area contributed by atoms with Crippen LogP contribution in [-0.2, 0) is 4.79 Å². The van der Waals surface area contributed by atoms with Crippen LogP contribution in [0, 0.1) is 5.92 Å². The van der Waals surface area contributed by atoms with Gasteiger partial charge in [-0.2, -0.15) is 0 Å². The number of carbonyl (C=O) groups excluding carboxylic acids is 1. The van der Waals surface area contributed by atoms with Gasteiger partial charge in [-0.1, -0.05) is 111 Å². The number of esters is 1. The van der Waals surface area contributed by atoms with Crippen molar-refractivity contribution in [2.75, 3.05) is 0 Å². The van der Waals surface area contributed by atoms with Crippen LogP contribution in [0.3, 0.4) is 0 Å². The van der Waals surface area contributed by atoms with Crippen molar-refractivity contribution in [3.05, 3.63) is 36.5 Å². The Bertz CT molecular complexity index is 980. The van der Waals surface area contributed by atoms with Gasteiger partial charge in [-0.3, -0.25) is 4.79 Å². The van der Waals surface area contributed by atoms with Crippen LogP contribution < -0.4 is 14.2 Å². The van der Waals surface area contributed by atoms with Gasteiger partial charge in [0.1, 0.15) is 9.52 Å². The highest BCUT2D eigenvalue weighted by molar-refractivity contribution is 6.38. The first-order valence-corrected chi connectivity index (χ1v) is 17.3. The third-order valence-electron chi connectivity index (χ3n) is 7.77. The largest absolute Gasteiger partial charge is 0.456 e. The number of nitrogens with zero attached hydrogens (tertiary/aromatic N) is 1. The second-order valence-electron chi connectivity index (χ2n) is 11.6. The molecule has 0 spiro atoms. The average molecular weight is 554 g/mol. The number of carbonyl (C=O) groups is 1.